The normalized spacial score (nSPS) is 11.1. The zero-order valence-electron chi connectivity index (χ0n) is 16.7. The quantitative estimate of drug-likeness (QED) is 0.385. The first kappa shape index (κ1) is 21.0. The van der Waals surface area contributed by atoms with E-state index < -0.39 is 5.91 Å². The predicted molar refractivity (Wildman–Crippen MR) is 118 cm³/mol. The number of hydrogen-bond donors (Lipinski definition) is 1. The molecule has 30 heavy (non-hydrogen) atoms. The smallest absolute Gasteiger partial charge is 0.266 e. The standard InChI is InChI=1S/C23H19ClN4O2/c1-14-4-5-16-11-17(21(24)27-20(16)10-14)12-18(13-25)22(29)26-19-8-6-15(7-9-19)23(30)28(2)3/h4-12H,1-3H3,(H,26,29)/b18-12+. The third-order valence-electron chi connectivity index (χ3n) is 4.41. The third kappa shape index (κ3) is 4.65. The summed E-state index contributed by atoms with van der Waals surface area (Å²) in [6.45, 7) is 1.96. The van der Waals surface area contributed by atoms with Gasteiger partial charge in [-0.2, -0.15) is 5.26 Å². The molecule has 1 heterocycles. The van der Waals surface area contributed by atoms with Crippen LogP contribution in [0.3, 0.4) is 0 Å². The summed E-state index contributed by atoms with van der Waals surface area (Å²) in [6.07, 6.45) is 1.41. The number of fused-ring (bicyclic) bond motifs is 1. The van der Waals surface area contributed by atoms with Crippen LogP contribution in [-0.2, 0) is 4.79 Å². The first-order chi connectivity index (χ1) is 14.3. The molecule has 1 N–H and O–H groups in total. The topological polar surface area (TPSA) is 86.1 Å². The van der Waals surface area contributed by atoms with E-state index in [9.17, 15) is 14.9 Å². The van der Waals surface area contributed by atoms with Gasteiger partial charge in [-0.05, 0) is 55.0 Å². The van der Waals surface area contributed by atoms with Crippen LogP contribution in [0.5, 0.6) is 0 Å². The lowest BCUT2D eigenvalue weighted by Crippen LogP contribution is -2.21. The van der Waals surface area contributed by atoms with Crippen molar-refractivity contribution in [2.75, 3.05) is 19.4 Å². The van der Waals surface area contributed by atoms with Gasteiger partial charge in [-0.3, -0.25) is 9.59 Å². The highest BCUT2D eigenvalue weighted by Gasteiger charge is 2.13. The van der Waals surface area contributed by atoms with E-state index in [1.165, 1.54) is 11.0 Å². The molecule has 0 bridgehead atoms. The summed E-state index contributed by atoms with van der Waals surface area (Å²) >= 11 is 6.26. The van der Waals surface area contributed by atoms with Crippen LogP contribution in [0.15, 0.2) is 54.1 Å². The molecule has 150 valence electrons. The van der Waals surface area contributed by atoms with Gasteiger partial charge in [0.1, 0.15) is 16.8 Å². The van der Waals surface area contributed by atoms with E-state index in [1.54, 1.807) is 44.4 Å². The van der Waals surface area contributed by atoms with Gasteiger partial charge in [0.05, 0.1) is 5.52 Å². The Morgan fingerprint density at radius 3 is 2.47 bits per heavy atom. The fraction of sp³-hybridized carbons (Fsp3) is 0.130. The van der Waals surface area contributed by atoms with Crippen molar-refractivity contribution < 1.29 is 9.59 Å². The Hall–Kier alpha value is -3.69. The molecular formula is C23H19ClN4O2. The largest absolute Gasteiger partial charge is 0.345 e. The molecule has 0 saturated heterocycles. The van der Waals surface area contributed by atoms with Crippen molar-refractivity contribution in [3.8, 4) is 6.07 Å². The molecule has 0 aliphatic carbocycles. The van der Waals surface area contributed by atoms with Crippen LogP contribution < -0.4 is 5.32 Å². The van der Waals surface area contributed by atoms with Crippen molar-refractivity contribution in [2.45, 2.75) is 6.92 Å². The number of nitrogens with zero attached hydrogens (tertiary/aromatic N) is 3. The van der Waals surface area contributed by atoms with Crippen LogP contribution in [0, 0.1) is 18.3 Å². The summed E-state index contributed by atoms with van der Waals surface area (Å²) in [4.78, 5) is 30.3. The Kier molecular flexibility index (Phi) is 6.14. The van der Waals surface area contributed by atoms with E-state index in [0.29, 0.717) is 16.8 Å². The summed E-state index contributed by atoms with van der Waals surface area (Å²) in [5.74, 6) is -0.719. The van der Waals surface area contributed by atoms with Crippen LogP contribution in [0.4, 0.5) is 5.69 Å². The van der Waals surface area contributed by atoms with Gasteiger partial charge in [0, 0.05) is 36.3 Å². The van der Waals surface area contributed by atoms with Crippen LogP contribution in [-0.4, -0.2) is 35.8 Å². The van der Waals surface area contributed by atoms with Gasteiger partial charge in [0.2, 0.25) is 0 Å². The number of nitrogens with one attached hydrogen (secondary N) is 1. The number of anilines is 1. The maximum absolute atomic E-state index is 12.6. The van der Waals surface area contributed by atoms with E-state index in [1.807, 2.05) is 31.2 Å². The lowest BCUT2D eigenvalue weighted by atomic mass is 10.1. The number of hydrogen-bond acceptors (Lipinski definition) is 4. The molecule has 0 atom stereocenters. The average molecular weight is 419 g/mol. The molecule has 2 amide bonds. The first-order valence-corrected chi connectivity index (χ1v) is 9.48. The molecule has 0 fully saturated rings. The number of benzene rings is 2. The van der Waals surface area contributed by atoms with Gasteiger partial charge in [0.15, 0.2) is 0 Å². The van der Waals surface area contributed by atoms with Crippen molar-refractivity contribution in [1.29, 1.82) is 5.26 Å². The minimum atomic E-state index is -0.579. The lowest BCUT2D eigenvalue weighted by molar-refractivity contribution is -0.112. The second-order valence-electron chi connectivity index (χ2n) is 6.97. The number of halogens is 1. The molecule has 0 saturated carbocycles. The van der Waals surface area contributed by atoms with Crippen LogP contribution >= 0.6 is 11.6 Å². The summed E-state index contributed by atoms with van der Waals surface area (Å²) in [6, 6.07) is 15.9. The number of aromatic nitrogens is 1. The lowest BCUT2D eigenvalue weighted by Gasteiger charge is -2.11. The van der Waals surface area contributed by atoms with E-state index in [2.05, 4.69) is 10.3 Å². The zero-order valence-corrected chi connectivity index (χ0v) is 17.5. The SMILES string of the molecule is Cc1ccc2cc(/C=C(\C#N)C(=O)Nc3ccc(C(=O)N(C)C)cc3)c(Cl)nc2c1. The van der Waals surface area contributed by atoms with Gasteiger partial charge in [-0.15, -0.1) is 0 Å². The summed E-state index contributed by atoms with van der Waals surface area (Å²) < 4.78 is 0. The average Bonchev–Trinajstić information content (AvgIpc) is 2.72. The van der Waals surface area contributed by atoms with Gasteiger partial charge < -0.3 is 10.2 Å². The molecule has 3 rings (SSSR count). The minimum absolute atomic E-state index is 0.112. The van der Waals surface area contributed by atoms with Gasteiger partial charge in [0.25, 0.3) is 11.8 Å². The molecule has 0 aliphatic heterocycles. The van der Waals surface area contributed by atoms with Gasteiger partial charge in [-0.25, -0.2) is 4.98 Å². The van der Waals surface area contributed by atoms with Crippen molar-refractivity contribution in [3.05, 3.63) is 75.9 Å². The summed E-state index contributed by atoms with van der Waals surface area (Å²) in [7, 11) is 3.33. The Balaban J connectivity index is 1.84. The highest BCUT2D eigenvalue weighted by atomic mass is 35.5. The Bertz CT molecular complexity index is 1210. The molecule has 0 aliphatic rings. The Morgan fingerprint density at radius 2 is 1.83 bits per heavy atom. The zero-order chi connectivity index (χ0) is 21.8. The third-order valence-corrected chi connectivity index (χ3v) is 4.72. The van der Waals surface area contributed by atoms with Crippen LogP contribution in [0.25, 0.3) is 17.0 Å². The summed E-state index contributed by atoms with van der Waals surface area (Å²) in [5.41, 5.74) is 3.13. The van der Waals surface area contributed by atoms with Crippen molar-refractivity contribution in [2.24, 2.45) is 0 Å². The fourth-order valence-electron chi connectivity index (χ4n) is 2.83. The molecule has 0 unspecified atom stereocenters. The molecule has 0 radical (unpaired) electrons. The Morgan fingerprint density at radius 1 is 1.13 bits per heavy atom. The molecule has 2 aromatic carbocycles. The van der Waals surface area contributed by atoms with E-state index in [4.69, 9.17) is 11.6 Å². The monoisotopic (exact) mass is 418 g/mol. The molecule has 7 heteroatoms. The molecule has 6 nitrogen and oxygen atoms in total. The Labute approximate surface area is 179 Å². The molecule has 3 aromatic rings. The van der Waals surface area contributed by atoms with Crippen molar-refractivity contribution in [3.63, 3.8) is 0 Å². The van der Waals surface area contributed by atoms with Crippen molar-refractivity contribution >= 4 is 46.1 Å². The number of carbonyl (C=O) groups excluding carboxylic acids is 2. The predicted octanol–water partition coefficient (Wildman–Crippen LogP) is 4.44. The van der Waals surface area contributed by atoms with Crippen LogP contribution in [0.2, 0.25) is 5.15 Å². The second kappa shape index (κ2) is 8.76. The van der Waals surface area contributed by atoms with Crippen LogP contribution in [0.1, 0.15) is 21.5 Å². The number of aryl methyl sites for hydroxylation is 1. The maximum atomic E-state index is 12.6. The molecule has 1 aromatic heterocycles. The molecule has 0 spiro atoms. The van der Waals surface area contributed by atoms with Gasteiger partial charge in [-0.1, -0.05) is 23.7 Å². The highest BCUT2D eigenvalue weighted by molar-refractivity contribution is 6.31. The number of carbonyl (C=O) groups is 2. The van der Waals surface area contributed by atoms with Gasteiger partial charge >= 0.3 is 0 Å². The van der Waals surface area contributed by atoms with E-state index in [-0.39, 0.29) is 16.6 Å². The number of nitriles is 1. The first-order valence-electron chi connectivity index (χ1n) is 9.10. The number of rotatable bonds is 4. The highest BCUT2D eigenvalue weighted by Crippen LogP contribution is 2.24. The minimum Gasteiger partial charge on any atom is -0.345 e. The fourth-order valence-corrected chi connectivity index (χ4v) is 3.03. The number of pyridine rings is 1. The number of amides is 2. The molecular weight excluding hydrogens is 400 g/mol. The van der Waals surface area contributed by atoms with E-state index >= 15 is 0 Å². The second-order valence-corrected chi connectivity index (χ2v) is 7.32. The van der Waals surface area contributed by atoms with Crippen molar-refractivity contribution in [1.82, 2.24) is 9.88 Å². The maximum Gasteiger partial charge on any atom is 0.266 e. The van der Waals surface area contributed by atoms with E-state index in [0.717, 1.165) is 16.5 Å². The summed E-state index contributed by atoms with van der Waals surface area (Å²) in [5, 5.41) is 13.2.